The van der Waals surface area contributed by atoms with Gasteiger partial charge in [-0.3, -0.25) is 4.79 Å². The Morgan fingerprint density at radius 3 is 2.38 bits per heavy atom. The summed E-state index contributed by atoms with van der Waals surface area (Å²) in [6, 6.07) is 0. The zero-order valence-corrected chi connectivity index (χ0v) is 11.2. The number of methoxy groups -OCH3 is 1. The van der Waals surface area contributed by atoms with Crippen LogP contribution in [0.3, 0.4) is 0 Å². The lowest BCUT2D eigenvalue weighted by Gasteiger charge is -2.11. The van der Waals surface area contributed by atoms with Gasteiger partial charge >= 0.3 is 5.97 Å². The molecule has 0 fully saturated rings. The van der Waals surface area contributed by atoms with Gasteiger partial charge < -0.3 is 4.74 Å². The van der Waals surface area contributed by atoms with Crippen molar-refractivity contribution in [1.29, 1.82) is 0 Å². The van der Waals surface area contributed by atoms with Crippen molar-refractivity contribution in [2.75, 3.05) is 12.9 Å². The largest absolute Gasteiger partial charge is 0.469 e. The zero-order chi connectivity index (χ0) is 12.6. The van der Waals surface area contributed by atoms with E-state index in [1.54, 1.807) is 6.92 Å². The van der Waals surface area contributed by atoms with E-state index in [0.29, 0.717) is 6.42 Å². The molecule has 5 heteroatoms. The van der Waals surface area contributed by atoms with Crippen LogP contribution in [0.2, 0.25) is 0 Å². The van der Waals surface area contributed by atoms with Crippen molar-refractivity contribution in [2.24, 2.45) is 0 Å². The van der Waals surface area contributed by atoms with Crippen LogP contribution in [0.15, 0.2) is 0 Å². The molecular weight excluding hydrogens is 228 g/mol. The summed E-state index contributed by atoms with van der Waals surface area (Å²) in [4.78, 5) is 11.0. The van der Waals surface area contributed by atoms with Crippen molar-refractivity contribution in [3.8, 4) is 0 Å². The molecule has 0 heterocycles. The standard InChI is InChI=1S/C11H22O4S/c1-4-5-6-7-8-16(13,14)10(2)9-11(12)15-3/h10H,4-9H2,1-3H3. The summed E-state index contributed by atoms with van der Waals surface area (Å²) >= 11 is 0. The van der Waals surface area contributed by atoms with E-state index in [9.17, 15) is 13.2 Å². The molecule has 0 radical (unpaired) electrons. The van der Waals surface area contributed by atoms with E-state index >= 15 is 0 Å². The maximum absolute atomic E-state index is 11.7. The van der Waals surface area contributed by atoms with Gasteiger partial charge in [0.15, 0.2) is 9.84 Å². The summed E-state index contributed by atoms with van der Waals surface area (Å²) in [6.07, 6.45) is 3.70. The van der Waals surface area contributed by atoms with Gasteiger partial charge in [0.05, 0.1) is 24.5 Å². The molecule has 96 valence electrons. The third kappa shape index (κ3) is 6.10. The molecule has 0 aromatic rings. The van der Waals surface area contributed by atoms with Gasteiger partial charge in [-0.1, -0.05) is 26.2 Å². The van der Waals surface area contributed by atoms with E-state index in [-0.39, 0.29) is 12.2 Å². The van der Waals surface area contributed by atoms with Crippen LogP contribution >= 0.6 is 0 Å². The average Bonchev–Trinajstić information content (AvgIpc) is 2.24. The number of rotatable bonds is 8. The number of carbonyl (C=O) groups excluding carboxylic acids is 1. The first kappa shape index (κ1) is 15.4. The van der Waals surface area contributed by atoms with E-state index in [0.717, 1.165) is 19.3 Å². The molecule has 0 N–H and O–H groups in total. The van der Waals surface area contributed by atoms with Gasteiger partial charge in [-0.2, -0.15) is 0 Å². The first-order chi connectivity index (χ1) is 7.44. The van der Waals surface area contributed by atoms with Crippen LogP contribution < -0.4 is 0 Å². The van der Waals surface area contributed by atoms with Gasteiger partial charge in [-0.15, -0.1) is 0 Å². The van der Waals surface area contributed by atoms with Crippen molar-refractivity contribution in [2.45, 2.75) is 51.2 Å². The van der Waals surface area contributed by atoms with E-state index in [4.69, 9.17) is 0 Å². The Morgan fingerprint density at radius 2 is 1.88 bits per heavy atom. The highest BCUT2D eigenvalue weighted by atomic mass is 32.2. The highest BCUT2D eigenvalue weighted by Gasteiger charge is 2.23. The summed E-state index contributed by atoms with van der Waals surface area (Å²) in [5.74, 6) is -0.296. The maximum atomic E-state index is 11.7. The number of sulfone groups is 1. The average molecular weight is 250 g/mol. The molecular formula is C11H22O4S. The molecule has 0 aromatic heterocycles. The summed E-state index contributed by atoms with van der Waals surface area (Å²) < 4.78 is 27.9. The topological polar surface area (TPSA) is 60.4 Å². The van der Waals surface area contributed by atoms with Gasteiger partial charge in [0.25, 0.3) is 0 Å². The number of hydrogen-bond acceptors (Lipinski definition) is 4. The van der Waals surface area contributed by atoms with Crippen molar-refractivity contribution in [1.82, 2.24) is 0 Å². The van der Waals surface area contributed by atoms with Gasteiger partial charge in [0.2, 0.25) is 0 Å². The second kappa shape index (κ2) is 7.65. The summed E-state index contributed by atoms with van der Waals surface area (Å²) in [5, 5.41) is -0.637. The number of hydrogen-bond donors (Lipinski definition) is 0. The number of ether oxygens (including phenoxy) is 1. The summed E-state index contributed by atoms with van der Waals surface area (Å²) in [6.45, 7) is 3.64. The normalized spacial score (nSPS) is 13.4. The van der Waals surface area contributed by atoms with Gasteiger partial charge in [0, 0.05) is 0 Å². The third-order valence-electron chi connectivity index (χ3n) is 2.58. The molecule has 0 aliphatic carbocycles. The Hall–Kier alpha value is -0.580. The fourth-order valence-corrected chi connectivity index (χ4v) is 2.78. The minimum absolute atomic E-state index is 0.0490. The fraction of sp³-hybridized carbons (Fsp3) is 0.909. The molecule has 0 aromatic carbocycles. The van der Waals surface area contributed by atoms with Crippen LogP contribution in [0.5, 0.6) is 0 Å². The van der Waals surface area contributed by atoms with Crippen LogP contribution in [0.4, 0.5) is 0 Å². The highest BCUT2D eigenvalue weighted by Crippen LogP contribution is 2.11. The second-order valence-electron chi connectivity index (χ2n) is 4.02. The zero-order valence-electron chi connectivity index (χ0n) is 10.4. The lowest BCUT2D eigenvalue weighted by atomic mass is 10.2. The highest BCUT2D eigenvalue weighted by molar-refractivity contribution is 7.92. The fourth-order valence-electron chi connectivity index (χ4n) is 1.38. The minimum atomic E-state index is -3.15. The van der Waals surface area contributed by atoms with E-state index in [2.05, 4.69) is 11.7 Å². The maximum Gasteiger partial charge on any atom is 0.306 e. The lowest BCUT2D eigenvalue weighted by Crippen LogP contribution is -2.24. The molecule has 0 saturated carbocycles. The Kier molecular flexibility index (Phi) is 7.38. The van der Waals surface area contributed by atoms with Crippen LogP contribution in [0.1, 0.15) is 46.0 Å². The van der Waals surface area contributed by atoms with Crippen molar-refractivity contribution < 1.29 is 17.9 Å². The predicted molar refractivity (Wildman–Crippen MR) is 64.0 cm³/mol. The van der Waals surface area contributed by atoms with E-state index in [1.165, 1.54) is 7.11 Å². The Morgan fingerprint density at radius 1 is 1.25 bits per heavy atom. The Balaban J connectivity index is 4.06. The smallest absolute Gasteiger partial charge is 0.306 e. The van der Waals surface area contributed by atoms with Crippen LogP contribution in [0, 0.1) is 0 Å². The Bertz CT molecular complexity index is 295. The molecule has 1 unspecified atom stereocenters. The quantitative estimate of drug-likeness (QED) is 0.488. The summed E-state index contributed by atoms with van der Waals surface area (Å²) in [5.41, 5.74) is 0. The number of unbranched alkanes of at least 4 members (excludes halogenated alkanes) is 3. The SMILES string of the molecule is CCCCCCS(=O)(=O)C(C)CC(=O)OC. The number of esters is 1. The van der Waals surface area contributed by atoms with E-state index in [1.807, 2.05) is 0 Å². The molecule has 0 rings (SSSR count). The van der Waals surface area contributed by atoms with Gasteiger partial charge in [-0.05, 0) is 13.3 Å². The molecule has 0 aliphatic rings. The summed E-state index contributed by atoms with van der Waals surface area (Å²) in [7, 11) is -1.88. The third-order valence-corrected chi connectivity index (χ3v) is 4.83. The van der Waals surface area contributed by atoms with E-state index < -0.39 is 21.1 Å². The molecule has 0 aliphatic heterocycles. The van der Waals surface area contributed by atoms with Crippen molar-refractivity contribution >= 4 is 15.8 Å². The molecule has 4 nitrogen and oxygen atoms in total. The van der Waals surface area contributed by atoms with Crippen LogP contribution in [-0.4, -0.2) is 32.5 Å². The predicted octanol–water partition coefficient (Wildman–Crippen LogP) is 1.93. The molecule has 0 spiro atoms. The molecule has 16 heavy (non-hydrogen) atoms. The first-order valence-corrected chi connectivity index (χ1v) is 7.44. The van der Waals surface area contributed by atoms with Gasteiger partial charge in [-0.25, -0.2) is 8.42 Å². The van der Waals surface area contributed by atoms with Crippen LogP contribution in [0.25, 0.3) is 0 Å². The lowest BCUT2D eigenvalue weighted by molar-refractivity contribution is -0.140. The second-order valence-corrected chi connectivity index (χ2v) is 6.56. The number of carbonyl (C=O) groups is 1. The Labute approximate surface area is 98.3 Å². The molecule has 1 atom stereocenters. The van der Waals surface area contributed by atoms with Crippen molar-refractivity contribution in [3.05, 3.63) is 0 Å². The minimum Gasteiger partial charge on any atom is -0.469 e. The van der Waals surface area contributed by atoms with Gasteiger partial charge in [0.1, 0.15) is 0 Å². The van der Waals surface area contributed by atoms with Crippen molar-refractivity contribution in [3.63, 3.8) is 0 Å². The molecule has 0 amide bonds. The molecule has 0 saturated heterocycles. The first-order valence-electron chi connectivity index (χ1n) is 5.72. The molecule has 0 bridgehead atoms. The van der Waals surface area contributed by atoms with Crippen LogP contribution in [-0.2, 0) is 19.4 Å². The monoisotopic (exact) mass is 250 g/mol.